The number of hydrogen-bond donors (Lipinski definition) is 1. The quantitative estimate of drug-likeness (QED) is 0.832. The lowest BCUT2D eigenvalue weighted by molar-refractivity contribution is 0.0496. The van der Waals surface area contributed by atoms with E-state index in [-0.39, 0.29) is 5.54 Å². The second-order valence-corrected chi connectivity index (χ2v) is 5.73. The van der Waals surface area contributed by atoms with Crippen LogP contribution in [0.5, 0.6) is 5.75 Å². The van der Waals surface area contributed by atoms with Gasteiger partial charge in [0.25, 0.3) is 0 Å². The van der Waals surface area contributed by atoms with Crippen LogP contribution in [0.2, 0.25) is 0 Å². The third kappa shape index (κ3) is 3.74. The van der Waals surface area contributed by atoms with Crippen LogP contribution in [-0.4, -0.2) is 36.7 Å². The highest BCUT2D eigenvalue weighted by Gasteiger charge is 2.35. The summed E-state index contributed by atoms with van der Waals surface area (Å²) in [5.74, 6) is 0.953. The van der Waals surface area contributed by atoms with Gasteiger partial charge in [0.1, 0.15) is 12.4 Å². The minimum Gasteiger partial charge on any atom is -0.492 e. The molecule has 3 nitrogen and oxygen atoms in total. The Morgan fingerprint density at radius 2 is 1.85 bits per heavy atom. The molecular formula is C17H28N2O. The monoisotopic (exact) mass is 276 g/mol. The van der Waals surface area contributed by atoms with Crippen molar-refractivity contribution >= 4 is 0 Å². The van der Waals surface area contributed by atoms with Gasteiger partial charge in [0.15, 0.2) is 0 Å². The summed E-state index contributed by atoms with van der Waals surface area (Å²) in [4.78, 5) is 2.54. The van der Waals surface area contributed by atoms with Crippen molar-refractivity contribution in [2.24, 2.45) is 5.73 Å². The minimum atomic E-state index is 0.215. The highest BCUT2D eigenvalue weighted by molar-refractivity contribution is 5.20. The first-order valence-electron chi connectivity index (χ1n) is 7.94. The normalized spacial score (nSPS) is 18.1. The molecule has 0 saturated heterocycles. The molecule has 1 aromatic rings. The lowest BCUT2D eigenvalue weighted by atomic mass is 9.80. The molecule has 3 heteroatoms. The Kier molecular flexibility index (Phi) is 5.86. The van der Waals surface area contributed by atoms with Crippen LogP contribution in [0.25, 0.3) is 0 Å². The molecule has 1 aliphatic rings. The lowest BCUT2D eigenvalue weighted by Crippen LogP contribution is -2.56. The van der Waals surface area contributed by atoms with Crippen LogP contribution in [0.3, 0.4) is 0 Å². The van der Waals surface area contributed by atoms with E-state index in [4.69, 9.17) is 10.5 Å². The Morgan fingerprint density at radius 3 is 2.45 bits per heavy atom. The van der Waals surface area contributed by atoms with Crippen LogP contribution in [0.1, 0.15) is 39.0 Å². The van der Waals surface area contributed by atoms with Gasteiger partial charge in [0.05, 0.1) is 0 Å². The van der Waals surface area contributed by atoms with Crippen molar-refractivity contribution in [2.45, 2.75) is 44.6 Å². The number of benzene rings is 1. The highest BCUT2D eigenvalue weighted by atomic mass is 16.5. The zero-order chi connectivity index (χ0) is 14.3. The Balaban J connectivity index is 1.87. The molecule has 0 aromatic heterocycles. The first-order valence-corrected chi connectivity index (χ1v) is 7.94. The Morgan fingerprint density at radius 1 is 1.15 bits per heavy atom. The van der Waals surface area contributed by atoms with Crippen molar-refractivity contribution < 1.29 is 4.74 Å². The minimum absolute atomic E-state index is 0.215. The summed E-state index contributed by atoms with van der Waals surface area (Å²) in [6, 6.07) is 10.0. The first-order chi connectivity index (χ1) is 9.80. The van der Waals surface area contributed by atoms with Crippen LogP contribution in [0, 0.1) is 0 Å². The van der Waals surface area contributed by atoms with E-state index in [1.165, 1.54) is 32.1 Å². The Bertz CT molecular complexity index is 374. The molecule has 2 rings (SSSR count). The van der Waals surface area contributed by atoms with Crippen LogP contribution in [0.15, 0.2) is 30.3 Å². The predicted molar refractivity (Wildman–Crippen MR) is 84.1 cm³/mol. The third-order valence-electron chi connectivity index (χ3n) is 4.59. The summed E-state index contributed by atoms with van der Waals surface area (Å²) in [7, 11) is 0. The molecule has 1 fully saturated rings. The predicted octanol–water partition coefficient (Wildman–Crippen LogP) is 3.05. The van der Waals surface area contributed by atoms with Gasteiger partial charge < -0.3 is 10.5 Å². The van der Waals surface area contributed by atoms with Gasteiger partial charge in [-0.3, -0.25) is 4.90 Å². The number of ether oxygens (including phenoxy) is 1. The third-order valence-corrected chi connectivity index (χ3v) is 4.59. The van der Waals surface area contributed by atoms with E-state index in [9.17, 15) is 0 Å². The number of likely N-dealkylation sites (N-methyl/N-ethyl adjacent to an activating group) is 1. The fourth-order valence-electron chi connectivity index (χ4n) is 3.38. The molecular weight excluding hydrogens is 248 g/mol. The van der Waals surface area contributed by atoms with Crippen molar-refractivity contribution in [3.8, 4) is 5.75 Å². The molecule has 0 heterocycles. The molecule has 1 saturated carbocycles. The summed E-state index contributed by atoms with van der Waals surface area (Å²) < 4.78 is 5.84. The number of para-hydroxylation sites is 1. The van der Waals surface area contributed by atoms with Crippen LogP contribution < -0.4 is 10.5 Å². The SMILES string of the molecule is CCN(CCOc1ccccc1)C1(CN)CCCCC1. The molecule has 0 atom stereocenters. The Labute approximate surface area is 123 Å². The molecule has 0 spiro atoms. The van der Waals surface area contributed by atoms with Gasteiger partial charge in [-0.15, -0.1) is 0 Å². The van der Waals surface area contributed by atoms with Crippen LogP contribution in [-0.2, 0) is 0 Å². The van der Waals surface area contributed by atoms with Gasteiger partial charge in [0, 0.05) is 18.6 Å². The van der Waals surface area contributed by atoms with Gasteiger partial charge in [-0.05, 0) is 31.5 Å². The maximum Gasteiger partial charge on any atom is 0.119 e. The van der Waals surface area contributed by atoms with Crippen molar-refractivity contribution in [3.63, 3.8) is 0 Å². The molecule has 0 bridgehead atoms. The van der Waals surface area contributed by atoms with E-state index in [0.717, 1.165) is 32.0 Å². The van der Waals surface area contributed by atoms with Crippen molar-refractivity contribution in [1.29, 1.82) is 0 Å². The first kappa shape index (κ1) is 15.3. The van der Waals surface area contributed by atoms with E-state index in [1.54, 1.807) is 0 Å². The summed E-state index contributed by atoms with van der Waals surface area (Å²) in [5.41, 5.74) is 6.33. The van der Waals surface area contributed by atoms with Gasteiger partial charge in [0.2, 0.25) is 0 Å². The summed E-state index contributed by atoms with van der Waals surface area (Å²) >= 11 is 0. The summed E-state index contributed by atoms with van der Waals surface area (Å²) in [6.07, 6.45) is 6.46. The number of rotatable bonds is 7. The molecule has 0 aliphatic heterocycles. The van der Waals surface area contributed by atoms with E-state index < -0.39 is 0 Å². The fraction of sp³-hybridized carbons (Fsp3) is 0.647. The highest BCUT2D eigenvalue weighted by Crippen LogP contribution is 2.32. The topological polar surface area (TPSA) is 38.5 Å². The average Bonchev–Trinajstić information content (AvgIpc) is 2.53. The lowest BCUT2D eigenvalue weighted by Gasteiger charge is -2.45. The van der Waals surface area contributed by atoms with Gasteiger partial charge in [-0.2, -0.15) is 0 Å². The molecule has 1 aliphatic carbocycles. The van der Waals surface area contributed by atoms with Gasteiger partial charge >= 0.3 is 0 Å². The second-order valence-electron chi connectivity index (χ2n) is 5.73. The maximum absolute atomic E-state index is 6.12. The molecule has 112 valence electrons. The zero-order valence-corrected chi connectivity index (χ0v) is 12.7. The van der Waals surface area contributed by atoms with E-state index in [2.05, 4.69) is 11.8 Å². The number of nitrogens with zero attached hydrogens (tertiary/aromatic N) is 1. The van der Waals surface area contributed by atoms with Gasteiger partial charge in [-0.1, -0.05) is 44.4 Å². The van der Waals surface area contributed by atoms with Crippen LogP contribution in [0.4, 0.5) is 0 Å². The molecule has 20 heavy (non-hydrogen) atoms. The smallest absolute Gasteiger partial charge is 0.119 e. The summed E-state index contributed by atoms with van der Waals surface area (Å²) in [6.45, 7) is 5.75. The largest absolute Gasteiger partial charge is 0.492 e. The van der Waals surface area contributed by atoms with Crippen molar-refractivity contribution in [2.75, 3.05) is 26.2 Å². The molecule has 0 amide bonds. The number of nitrogens with two attached hydrogens (primary N) is 1. The van der Waals surface area contributed by atoms with E-state index in [0.29, 0.717) is 0 Å². The van der Waals surface area contributed by atoms with Crippen molar-refractivity contribution in [3.05, 3.63) is 30.3 Å². The van der Waals surface area contributed by atoms with E-state index >= 15 is 0 Å². The number of hydrogen-bond acceptors (Lipinski definition) is 3. The average molecular weight is 276 g/mol. The van der Waals surface area contributed by atoms with Crippen molar-refractivity contribution in [1.82, 2.24) is 4.90 Å². The standard InChI is InChI=1S/C17H28N2O/c1-2-19(17(15-18)11-7-4-8-12-17)13-14-20-16-9-5-3-6-10-16/h3,5-6,9-10H,2,4,7-8,11-15,18H2,1H3. The maximum atomic E-state index is 6.12. The summed E-state index contributed by atoms with van der Waals surface area (Å²) in [5, 5.41) is 0. The fourth-order valence-corrected chi connectivity index (χ4v) is 3.38. The second kappa shape index (κ2) is 7.65. The zero-order valence-electron chi connectivity index (χ0n) is 12.7. The Hall–Kier alpha value is -1.06. The van der Waals surface area contributed by atoms with Crippen LogP contribution >= 0.6 is 0 Å². The molecule has 2 N–H and O–H groups in total. The van der Waals surface area contributed by atoms with Gasteiger partial charge in [-0.25, -0.2) is 0 Å². The molecule has 1 aromatic carbocycles. The van der Waals surface area contributed by atoms with E-state index in [1.807, 2.05) is 30.3 Å². The molecule has 0 radical (unpaired) electrons. The molecule has 0 unspecified atom stereocenters.